The highest BCUT2D eigenvalue weighted by atomic mass is 16.5. The lowest BCUT2D eigenvalue weighted by Gasteiger charge is -2.45. The van der Waals surface area contributed by atoms with E-state index in [1.165, 1.54) is 0 Å². The molecule has 1 aliphatic rings. The van der Waals surface area contributed by atoms with Gasteiger partial charge in [0.1, 0.15) is 22.8 Å². The minimum Gasteiger partial charge on any atom is -0.497 e. The summed E-state index contributed by atoms with van der Waals surface area (Å²) >= 11 is 0. The Bertz CT molecular complexity index is 1220. The van der Waals surface area contributed by atoms with Gasteiger partial charge in [-0.25, -0.2) is 0 Å². The molecule has 0 aromatic heterocycles. The largest absolute Gasteiger partial charge is 0.497 e. The van der Waals surface area contributed by atoms with Crippen LogP contribution in [0.25, 0.3) is 0 Å². The summed E-state index contributed by atoms with van der Waals surface area (Å²) in [6.45, 7) is 0.322. The van der Waals surface area contributed by atoms with Crippen molar-refractivity contribution in [2.45, 2.75) is 50.6 Å². The molecule has 0 radical (unpaired) electrons. The van der Waals surface area contributed by atoms with Gasteiger partial charge in [0.15, 0.2) is 0 Å². The van der Waals surface area contributed by atoms with E-state index >= 15 is 0 Å². The molecule has 200 valence electrons. The lowest BCUT2D eigenvalue weighted by molar-refractivity contribution is -0.148. The van der Waals surface area contributed by atoms with Gasteiger partial charge in [0.2, 0.25) is 11.8 Å². The number of anilines is 1. The summed E-state index contributed by atoms with van der Waals surface area (Å²) in [7, 11) is 4.76. The van der Waals surface area contributed by atoms with Gasteiger partial charge in [-0.2, -0.15) is 0 Å². The molecule has 0 aliphatic heterocycles. The van der Waals surface area contributed by atoms with E-state index in [2.05, 4.69) is 5.32 Å². The summed E-state index contributed by atoms with van der Waals surface area (Å²) in [5.41, 5.74) is 1.41. The maximum atomic E-state index is 14.2. The minimum atomic E-state index is -0.991. The first-order chi connectivity index (χ1) is 18.5. The predicted octanol–water partition coefficient (Wildman–Crippen LogP) is 5.63. The van der Waals surface area contributed by atoms with E-state index < -0.39 is 5.54 Å². The van der Waals surface area contributed by atoms with E-state index in [0.717, 1.165) is 36.1 Å². The first-order valence-corrected chi connectivity index (χ1v) is 13.0. The summed E-state index contributed by atoms with van der Waals surface area (Å²) in [6.07, 6.45) is 4.17. The Morgan fingerprint density at radius 1 is 0.789 bits per heavy atom. The summed E-state index contributed by atoms with van der Waals surface area (Å²) in [5, 5.41) is 3.09. The molecule has 0 spiro atoms. The third-order valence-electron chi connectivity index (χ3n) is 7.28. The summed E-state index contributed by atoms with van der Waals surface area (Å²) in [6, 6.07) is 22.6. The van der Waals surface area contributed by atoms with Crippen molar-refractivity contribution >= 4 is 17.5 Å². The van der Waals surface area contributed by atoms with Crippen molar-refractivity contribution in [2.75, 3.05) is 26.6 Å². The smallest absolute Gasteiger partial charge is 0.250 e. The second-order valence-electron chi connectivity index (χ2n) is 9.60. The Morgan fingerprint density at radius 2 is 1.45 bits per heavy atom. The Kier molecular flexibility index (Phi) is 8.89. The van der Waals surface area contributed by atoms with Gasteiger partial charge in [-0.1, -0.05) is 61.7 Å². The zero-order chi connectivity index (χ0) is 27.0. The number of carbonyl (C=O) groups excluding carboxylic acids is 2. The average Bonchev–Trinajstić information content (AvgIpc) is 2.97. The molecular weight excluding hydrogens is 480 g/mol. The van der Waals surface area contributed by atoms with Crippen LogP contribution in [0.2, 0.25) is 0 Å². The third-order valence-corrected chi connectivity index (χ3v) is 7.28. The van der Waals surface area contributed by atoms with Gasteiger partial charge in [-0.05, 0) is 48.2 Å². The van der Waals surface area contributed by atoms with Gasteiger partial charge in [-0.15, -0.1) is 0 Å². The third kappa shape index (κ3) is 6.10. The molecule has 1 fully saturated rings. The summed E-state index contributed by atoms with van der Waals surface area (Å²) in [4.78, 5) is 30.0. The van der Waals surface area contributed by atoms with Crippen LogP contribution in [-0.4, -0.2) is 43.6 Å². The standard InChI is InChI=1S/C31H36N2O5/c1-36-25-14-12-24(13-15-25)22-33(29(34)20-23-10-6-4-7-11-23)31(18-8-5-9-19-31)30(35)32-27-17-16-26(37-2)21-28(27)38-3/h4,6-7,10-17,21H,5,8-9,18-20,22H2,1-3H3,(H,32,35). The number of methoxy groups -OCH3 is 3. The lowest BCUT2D eigenvalue weighted by Crippen LogP contribution is -2.60. The normalized spacial score (nSPS) is 14.3. The van der Waals surface area contributed by atoms with Crippen molar-refractivity contribution in [3.8, 4) is 17.2 Å². The monoisotopic (exact) mass is 516 g/mol. The summed E-state index contributed by atoms with van der Waals surface area (Å²) in [5.74, 6) is 1.60. The number of ether oxygens (including phenoxy) is 3. The van der Waals surface area contributed by atoms with Gasteiger partial charge in [0.05, 0.1) is 33.4 Å². The van der Waals surface area contributed by atoms with Gasteiger partial charge in [0.25, 0.3) is 0 Å². The molecule has 3 aromatic rings. The first kappa shape index (κ1) is 27.0. The van der Waals surface area contributed by atoms with E-state index in [4.69, 9.17) is 14.2 Å². The topological polar surface area (TPSA) is 77.1 Å². The SMILES string of the molecule is COc1ccc(CN(C(=O)Cc2ccccc2)C2(C(=O)Nc3ccc(OC)cc3OC)CCCCC2)cc1. The van der Waals surface area contributed by atoms with E-state index in [9.17, 15) is 9.59 Å². The van der Waals surface area contributed by atoms with Crippen molar-refractivity contribution < 1.29 is 23.8 Å². The fraction of sp³-hybridized carbons (Fsp3) is 0.355. The molecule has 3 aromatic carbocycles. The average molecular weight is 517 g/mol. The molecule has 2 amide bonds. The number of hydrogen-bond acceptors (Lipinski definition) is 5. The molecule has 7 heteroatoms. The van der Waals surface area contributed by atoms with Gasteiger partial charge in [-0.3, -0.25) is 9.59 Å². The highest BCUT2D eigenvalue weighted by Crippen LogP contribution is 2.38. The molecule has 0 atom stereocenters. The summed E-state index contributed by atoms with van der Waals surface area (Å²) < 4.78 is 16.1. The van der Waals surface area contributed by atoms with Crippen LogP contribution in [0.15, 0.2) is 72.8 Å². The number of benzene rings is 3. The highest BCUT2D eigenvalue weighted by molar-refractivity contribution is 6.01. The van der Waals surface area contributed by atoms with Crippen LogP contribution in [0.5, 0.6) is 17.2 Å². The van der Waals surface area contributed by atoms with Gasteiger partial charge in [0, 0.05) is 12.6 Å². The van der Waals surface area contributed by atoms with Crippen LogP contribution in [-0.2, 0) is 22.6 Å². The van der Waals surface area contributed by atoms with Crippen LogP contribution in [0.4, 0.5) is 5.69 Å². The fourth-order valence-corrected chi connectivity index (χ4v) is 5.15. The Labute approximate surface area is 224 Å². The number of carbonyl (C=O) groups is 2. The van der Waals surface area contributed by atoms with E-state index in [-0.39, 0.29) is 18.2 Å². The molecule has 1 saturated carbocycles. The van der Waals surface area contributed by atoms with Crippen molar-refractivity contribution in [1.82, 2.24) is 4.90 Å². The molecule has 7 nitrogen and oxygen atoms in total. The maximum Gasteiger partial charge on any atom is 0.250 e. The Hall–Kier alpha value is -4.00. The zero-order valence-corrected chi connectivity index (χ0v) is 22.4. The van der Waals surface area contributed by atoms with Crippen LogP contribution in [0, 0.1) is 0 Å². The fourth-order valence-electron chi connectivity index (χ4n) is 5.15. The molecule has 0 bridgehead atoms. The van der Waals surface area contributed by atoms with Gasteiger partial charge < -0.3 is 24.4 Å². The van der Waals surface area contributed by atoms with Crippen LogP contribution < -0.4 is 19.5 Å². The second-order valence-corrected chi connectivity index (χ2v) is 9.60. The van der Waals surface area contributed by atoms with Crippen molar-refractivity contribution in [2.24, 2.45) is 0 Å². The van der Waals surface area contributed by atoms with Crippen LogP contribution in [0.3, 0.4) is 0 Å². The number of rotatable bonds is 10. The van der Waals surface area contributed by atoms with Gasteiger partial charge >= 0.3 is 0 Å². The molecule has 4 rings (SSSR count). The van der Waals surface area contributed by atoms with E-state index in [1.807, 2.05) is 54.6 Å². The van der Waals surface area contributed by atoms with E-state index in [1.54, 1.807) is 44.4 Å². The van der Waals surface area contributed by atoms with Crippen LogP contribution >= 0.6 is 0 Å². The molecule has 0 saturated heterocycles. The Balaban J connectivity index is 1.71. The number of amides is 2. The maximum absolute atomic E-state index is 14.2. The molecule has 0 unspecified atom stereocenters. The lowest BCUT2D eigenvalue weighted by atomic mass is 9.78. The molecule has 1 N–H and O–H groups in total. The predicted molar refractivity (Wildman–Crippen MR) is 148 cm³/mol. The Morgan fingerprint density at radius 3 is 2.08 bits per heavy atom. The van der Waals surface area contributed by atoms with Crippen LogP contribution in [0.1, 0.15) is 43.2 Å². The molecule has 0 heterocycles. The molecule has 1 aliphatic carbocycles. The molecule has 38 heavy (non-hydrogen) atoms. The number of hydrogen-bond donors (Lipinski definition) is 1. The second kappa shape index (κ2) is 12.5. The minimum absolute atomic E-state index is 0.0780. The first-order valence-electron chi connectivity index (χ1n) is 13.0. The zero-order valence-electron chi connectivity index (χ0n) is 22.4. The quantitative estimate of drug-likeness (QED) is 0.378. The van der Waals surface area contributed by atoms with Crippen molar-refractivity contribution in [3.05, 3.63) is 83.9 Å². The number of nitrogens with zero attached hydrogens (tertiary/aromatic N) is 1. The molecular formula is C31H36N2O5. The van der Waals surface area contributed by atoms with Crippen molar-refractivity contribution in [1.29, 1.82) is 0 Å². The highest BCUT2D eigenvalue weighted by Gasteiger charge is 2.47. The van der Waals surface area contributed by atoms with E-state index in [0.29, 0.717) is 36.6 Å². The van der Waals surface area contributed by atoms with Crippen molar-refractivity contribution in [3.63, 3.8) is 0 Å². The number of nitrogens with one attached hydrogen (secondary N) is 1.